The minimum atomic E-state index is -0.652. The molecule has 1 unspecified atom stereocenters. The summed E-state index contributed by atoms with van der Waals surface area (Å²) in [7, 11) is 0. The summed E-state index contributed by atoms with van der Waals surface area (Å²) in [5.41, 5.74) is 0.571. The zero-order valence-electron chi connectivity index (χ0n) is 10.1. The van der Waals surface area contributed by atoms with E-state index in [0.717, 1.165) is 0 Å². The lowest BCUT2D eigenvalue weighted by molar-refractivity contribution is -0.160. The minimum absolute atomic E-state index is 0.0279. The van der Waals surface area contributed by atoms with E-state index < -0.39 is 12.1 Å². The lowest BCUT2D eigenvalue weighted by Crippen LogP contribution is -2.32. The van der Waals surface area contributed by atoms with Gasteiger partial charge in [-0.15, -0.1) is 0 Å². The number of carbonyl (C=O) groups excluding carboxylic acids is 1. The van der Waals surface area contributed by atoms with Crippen LogP contribution in [0.15, 0.2) is 12.1 Å². The fraction of sp³-hybridized carbons (Fsp3) is 0.462. The number of hydrogen-bond acceptors (Lipinski definition) is 4. The molecule has 2 N–H and O–H groups in total. The highest BCUT2D eigenvalue weighted by Gasteiger charge is 2.27. The summed E-state index contributed by atoms with van der Waals surface area (Å²) in [5, 5.41) is 20.0. The highest BCUT2D eigenvalue weighted by molar-refractivity contribution is 6.35. The summed E-state index contributed by atoms with van der Waals surface area (Å²) < 4.78 is 5.13. The summed E-state index contributed by atoms with van der Waals surface area (Å²) in [5.74, 6) is -0.365. The van der Waals surface area contributed by atoms with Crippen molar-refractivity contribution in [3.05, 3.63) is 27.7 Å². The van der Waals surface area contributed by atoms with E-state index in [1.807, 2.05) is 0 Å². The van der Waals surface area contributed by atoms with Crippen molar-refractivity contribution in [3.8, 4) is 5.75 Å². The van der Waals surface area contributed by atoms with Gasteiger partial charge in [-0.05, 0) is 25.0 Å². The minimum Gasteiger partial charge on any atom is -0.508 e. The van der Waals surface area contributed by atoms with Crippen LogP contribution in [0, 0.1) is 0 Å². The summed E-state index contributed by atoms with van der Waals surface area (Å²) in [6, 6.07) is 2.98. The van der Waals surface area contributed by atoms with Gasteiger partial charge in [0, 0.05) is 22.0 Å². The van der Waals surface area contributed by atoms with Gasteiger partial charge in [-0.1, -0.05) is 23.2 Å². The van der Waals surface area contributed by atoms with E-state index in [9.17, 15) is 15.0 Å². The molecule has 1 saturated heterocycles. The first kappa shape index (κ1) is 14.4. The van der Waals surface area contributed by atoms with Gasteiger partial charge in [0.05, 0.1) is 12.5 Å². The Kier molecular flexibility index (Phi) is 4.55. The molecule has 0 spiro atoms. The van der Waals surface area contributed by atoms with Crippen molar-refractivity contribution in [1.29, 1.82) is 0 Å². The van der Waals surface area contributed by atoms with Crippen LogP contribution in [0.25, 0.3) is 0 Å². The Morgan fingerprint density at radius 2 is 2.11 bits per heavy atom. The molecule has 2 rings (SSSR count). The van der Waals surface area contributed by atoms with Gasteiger partial charge < -0.3 is 14.9 Å². The molecule has 104 valence electrons. The zero-order chi connectivity index (χ0) is 14.0. The monoisotopic (exact) mass is 304 g/mol. The largest absolute Gasteiger partial charge is 0.508 e. The standard InChI is InChI=1S/C13H14Cl2O4/c14-7-3-11(15)10(12(17)4-7)2-1-9-5-8(16)6-13(18)19-9/h3-4,8-9,16-17H,1-2,5-6H2/t8-,9?/m1/s1. The van der Waals surface area contributed by atoms with Gasteiger partial charge in [0.2, 0.25) is 0 Å². The number of phenols is 1. The number of carbonyl (C=O) groups is 1. The van der Waals surface area contributed by atoms with Crippen LogP contribution in [0.3, 0.4) is 0 Å². The molecule has 2 atom stereocenters. The first-order chi connectivity index (χ1) is 8.95. The molecule has 0 radical (unpaired) electrons. The number of ether oxygens (including phenoxy) is 1. The number of esters is 1. The molecule has 19 heavy (non-hydrogen) atoms. The van der Waals surface area contributed by atoms with Crippen molar-refractivity contribution in [2.24, 2.45) is 0 Å². The zero-order valence-corrected chi connectivity index (χ0v) is 11.6. The van der Waals surface area contributed by atoms with Crippen LogP contribution in [-0.2, 0) is 16.0 Å². The quantitative estimate of drug-likeness (QED) is 0.843. The summed E-state index contributed by atoms with van der Waals surface area (Å²) in [4.78, 5) is 11.2. The molecule has 4 nitrogen and oxygen atoms in total. The average molecular weight is 305 g/mol. The Bertz CT molecular complexity index is 467. The van der Waals surface area contributed by atoms with E-state index in [4.69, 9.17) is 27.9 Å². The average Bonchev–Trinajstić information content (AvgIpc) is 2.25. The van der Waals surface area contributed by atoms with Crippen LogP contribution in [0.4, 0.5) is 0 Å². The molecule has 0 bridgehead atoms. The Morgan fingerprint density at radius 1 is 1.37 bits per heavy atom. The maximum absolute atomic E-state index is 11.2. The van der Waals surface area contributed by atoms with E-state index >= 15 is 0 Å². The Labute approximate surface area is 120 Å². The first-order valence-electron chi connectivity index (χ1n) is 6.00. The van der Waals surface area contributed by atoms with E-state index in [2.05, 4.69) is 0 Å². The highest BCUT2D eigenvalue weighted by Crippen LogP contribution is 2.32. The second-order valence-corrected chi connectivity index (χ2v) is 5.47. The van der Waals surface area contributed by atoms with Crippen LogP contribution in [0.2, 0.25) is 10.0 Å². The Balaban J connectivity index is 2.01. The van der Waals surface area contributed by atoms with Gasteiger partial charge in [-0.3, -0.25) is 4.79 Å². The molecular weight excluding hydrogens is 291 g/mol. The van der Waals surface area contributed by atoms with Crippen molar-refractivity contribution < 1.29 is 19.7 Å². The van der Waals surface area contributed by atoms with Gasteiger partial charge in [0.15, 0.2) is 0 Å². The SMILES string of the molecule is O=C1C[C@H](O)CC(CCc2c(O)cc(Cl)cc2Cl)O1. The van der Waals surface area contributed by atoms with Crippen molar-refractivity contribution in [2.45, 2.75) is 37.9 Å². The van der Waals surface area contributed by atoms with Crippen molar-refractivity contribution >= 4 is 29.2 Å². The molecule has 0 aromatic heterocycles. The van der Waals surface area contributed by atoms with E-state index in [-0.39, 0.29) is 18.3 Å². The molecule has 1 fully saturated rings. The summed E-state index contributed by atoms with van der Waals surface area (Å²) >= 11 is 11.8. The fourth-order valence-corrected chi connectivity index (χ4v) is 2.76. The number of cyclic esters (lactones) is 1. The summed E-state index contributed by atoms with van der Waals surface area (Å²) in [6.45, 7) is 0. The summed E-state index contributed by atoms with van der Waals surface area (Å²) in [6.07, 6.45) is 0.411. The Hall–Kier alpha value is -0.970. The molecule has 1 aromatic carbocycles. The molecule has 0 saturated carbocycles. The van der Waals surface area contributed by atoms with E-state index in [1.54, 1.807) is 6.07 Å². The number of hydrogen-bond donors (Lipinski definition) is 2. The van der Waals surface area contributed by atoms with Crippen molar-refractivity contribution in [1.82, 2.24) is 0 Å². The molecule has 0 amide bonds. The van der Waals surface area contributed by atoms with Gasteiger partial charge in [-0.25, -0.2) is 0 Å². The normalized spacial score (nSPS) is 23.2. The second-order valence-electron chi connectivity index (χ2n) is 4.63. The molecule has 1 aromatic rings. The van der Waals surface area contributed by atoms with Gasteiger partial charge in [-0.2, -0.15) is 0 Å². The lowest BCUT2D eigenvalue weighted by Gasteiger charge is -2.26. The number of phenolic OH excluding ortho intramolecular Hbond substituents is 1. The molecule has 0 aliphatic carbocycles. The lowest BCUT2D eigenvalue weighted by atomic mass is 9.99. The van der Waals surface area contributed by atoms with Gasteiger partial charge >= 0.3 is 5.97 Å². The maximum atomic E-state index is 11.2. The Morgan fingerprint density at radius 3 is 2.74 bits per heavy atom. The van der Waals surface area contributed by atoms with Crippen molar-refractivity contribution in [2.75, 3.05) is 0 Å². The van der Waals surface area contributed by atoms with Gasteiger partial charge in [0.25, 0.3) is 0 Å². The number of aromatic hydroxyl groups is 1. The number of benzene rings is 1. The van der Waals surface area contributed by atoms with Crippen LogP contribution in [0.5, 0.6) is 5.75 Å². The predicted octanol–water partition coefficient (Wildman–Crippen LogP) is 2.70. The van der Waals surface area contributed by atoms with Crippen molar-refractivity contribution in [3.63, 3.8) is 0 Å². The van der Waals surface area contributed by atoms with Crippen LogP contribution < -0.4 is 0 Å². The third-order valence-electron chi connectivity index (χ3n) is 3.09. The molecule has 1 aliphatic rings. The van der Waals surface area contributed by atoms with Gasteiger partial charge in [0.1, 0.15) is 11.9 Å². The van der Waals surface area contributed by atoms with E-state index in [1.165, 1.54) is 6.07 Å². The van der Waals surface area contributed by atoms with E-state index in [0.29, 0.717) is 34.9 Å². The molecule has 1 aliphatic heterocycles. The van der Waals surface area contributed by atoms with Crippen LogP contribution >= 0.6 is 23.2 Å². The third kappa shape index (κ3) is 3.75. The topological polar surface area (TPSA) is 66.8 Å². The fourth-order valence-electron chi connectivity index (χ4n) is 2.18. The first-order valence-corrected chi connectivity index (χ1v) is 6.75. The molecular formula is C13H14Cl2O4. The molecule has 6 heteroatoms. The van der Waals surface area contributed by atoms with Crippen LogP contribution in [0.1, 0.15) is 24.8 Å². The smallest absolute Gasteiger partial charge is 0.308 e. The second kappa shape index (κ2) is 5.99. The number of halogens is 2. The number of aliphatic hydroxyl groups is 1. The maximum Gasteiger partial charge on any atom is 0.308 e. The predicted molar refractivity (Wildman–Crippen MR) is 71.6 cm³/mol. The third-order valence-corrected chi connectivity index (χ3v) is 3.64. The number of aliphatic hydroxyl groups excluding tert-OH is 1. The molecule has 1 heterocycles. The number of rotatable bonds is 3. The van der Waals surface area contributed by atoms with Crippen LogP contribution in [-0.4, -0.2) is 28.4 Å². The highest BCUT2D eigenvalue weighted by atomic mass is 35.5.